The first-order valence-electron chi connectivity index (χ1n) is 6.82. The van der Waals surface area contributed by atoms with Crippen LogP contribution < -0.4 is 15.2 Å². The van der Waals surface area contributed by atoms with Gasteiger partial charge in [0.2, 0.25) is 0 Å². The molecule has 4 nitrogen and oxygen atoms in total. The molecule has 1 aromatic heterocycles. The van der Waals surface area contributed by atoms with E-state index in [2.05, 4.69) is 9.72 Å². The Morgan fingerprint density at radius 1 is 1.21 bits per heavy atom. The Morgan fingerprint density at radius 3 is 2.62 bits per heavy atom. The lowest BCUT2D eigenvalue weighted by Gasteiger charge is -2.34. The molecule has 1 unspecified atom stereocenters. The third-order valence-electron chi connectivity index (χ3n) is 3.67. The molecule has 0 fully saturated rings. The second-order valence-electron chi connectivity index (χ2n) is 5.26. The van der Waals surface area contributed by atoms with Gasteiger partial charge in [0.1, 0.15) is 17.3 Å². The summed E-state index contributed by atoms with van der Waals surface area (Å²) < 4.78 is 72.7. The first kappa shape index (κ1) is 16.4. The van der Waals surface area contributed by atoms with Crippen molar-refractivity contribution >= 4 is 0 Å². The minimum Gasteiger partial charge on any atom is -0.491 e. The number of hydrogen-bond acceptors (Lipinski definition) is 4. The molecule has 0 amide bonds. The molecule has 1 aliphatic heterocycles. The zero-order valence-electron chi connectivity index (χ0n) is 12.0. The summed E-state index contributed by atoms with van der Waals surface area (Å²) in [5, 5.41) is 0. The fourth-order valence-electron chi connectivity index (χ4n) is 2.57. The molecule has 1 aliphatic rings. The number of nitrogens with zero attached hydrogens (tertiary/aromatic N) is 1. The lowest BCUT2D eigenvalue weighted by atomic mass is 9.82. The molecule has 24 heavy (non-hydrogen) atoms. The van der Waals surface area contributed by atoms with Gasteiger partial charge in [-0.05, 0) is 17.7 Å². The van der Waals surface area contributed by atoms with Crippen LogP contribution in [0.2, 0.25) is 0 Å². The van der Waals surface area contributed by atoms with Crippen LogP contribution in [0.15, 0.2) is 30.5 Å². The van der Waals surface area contributed by atoms with Crippen LogP contribution in [0, 0.1) is 11.6 Å². The van der Waals surface area contributed by atoms with E-state index < -0.39 is 29.3 Å². The van der Waals surface area contributed by atoms with Crippen LogP contribution in [-0.4, -0.2) is 18.0 Å². The van der Waals surface area contributed by atoms with Crippen molar-refractivity contribution < 1.29 is 31.4 Å². The maximum absolute atomic E-state index is 14.0. The van der Waals surface area contributed by atoms with Crippen LogP contribution in [0.5, 0.6) is 11.5 Å². The molecule has 9 heteroatoms. The van der Waals surface area contributed by atoms with E-state index in [1.165, 1.54) is 6.07 Å². The van der Waals surface area contributed by atoms with E-state index >= 15 is 0 Å². The number of rotatable bonds is 2. The maximum Gasteiger partial charge on any atom is 0.573 e. The van der Waals surface area contributed by atoms with Gasteiger partial charge in [0, 0.05) is 12.5 Å². The van der Waals surface area contributed by atoms with Gasteiger partial charge in [0.15, 0.2) is 11.6 Å². The van der Waals surface area contributed by atoms with Gasteiger partial charge in [-0.1, -0.05) is 6.07 Å². The predicted octanol–water partition coefficient (Wildman–Crippen LogP) is 3.24. The van der Waals surface area contributed by atoms with Crippen molar-refractivity contribution in [1.82, 2.24) is 4.98 Å². The SMILES string of the molecule is NC1(c2ccc(OC(F)(F)F)c(F)c2)CCOc2cc(F)cnc21. The molecule has 2 N–H and O–H groups in total. The van der Waals surface area contributed by atoms with Crippen LogP contribution in [0.4, 0.5) is 22.0 Å². The number of halogens is 5. The smallest absolute Gasteiger partial charge is 0.491 e. The normalized spacial score (nSPS) is 20.2. The van der Waals surface area contributed by atoms with Crippen molar-refractivity contribution in [2.45, 2.75) is 18.3 Å². The van der Waals surface area contributed by atoms with E-state index in [0.717, 1.165) is 24.4 Å². The van der Waals surface area contributed by atoms with E-state index in [1.807, 2.05) is 0 Å². The van der Waals surface area contributed by atoms with Gasteiger partial charge in [-0.25, -0.2) is 8.78 Å². The fourth-order valence-corrected chi connectivity index (χ4v) is 2.57. The number of fused-ring (bicyclic) bond motifs is 1. The fraction of sp³-hybridized carbons (Fsp3) is 0.267. The average molecular weight is 346 g/mol. The summed E-state index contributed by atoms with van der Waals surface area (Å²) in [5.41, 5.74) is 5.33. The topological polar surface area (TPSA) is 57.4 Å². The average Bonchev–Trinajstić information content (AvgIpc) is 2.48. The maximum atomic E-state index is 14.0. The Kier molecular flexibility index (Phi) is 3.83. The Hall–Kier alpha value is -2.42. The largest absolute Gasteiger partial charge is 0.573 e. The quantitative estimate of drug-likeness (QED) is 0.848. The van der Waals surface area contributed by atoms with Crippen LogP contribution >= 0.6 is 0 Å². The van der Waals surface area contributed by atoms with E-state index in [4.69, 9.17) is 10.5 Å². The molecule has 0 radical (unpaired) electrons. The highest BCUT2D eigenvalue weighted by molar-refractivity contribution is 5.45. The van der Waals surface area contributed by atoms with Gasteiger partial charge in [-0.3, -0.25) is 4.98 Å². The van der Waals surface area contributed by atoms with Crippen molar-refractivity contribution in [1.29, 1.82) is 0 Å². The molecule has 128 valence electrons. The number of aromatic nitrogens is 1. The van der Waals surface area contributed by atoms with E-state index in [1.54, 1.807) is 0 Å². The Bertz CT molecular complexity index is 781. The van der Waals surface area contributed by atoms with Crippen molar-refractivity contribution in [3.8, 4) is 11.5 Å². The zero-order valence-corrected chi connectivity index (χ0v) is 12.0. The summed E-state index contributed by atoms with van der Waals surface area (Å²) in [6, 6.07) is 4.00. The lowest BCUT2D eigenvalue weighted by Crippen LogP contribution is -2.43. The monoisotopic (exact) mass is 346 g/mol. The van der Waals surface area contributed by atoms with Gasteiger partial charge in [-0.2, -0.15) is 0 Å². The van der Waals surface area contributed by atoms with Crippen molar-refractivity contribution in [3.63, 3.8) is 0 Å². The highest BCUT2D eigenvalue weighted by Gasteiger charge is 2.39. The number of alkyl halides is 3. The van der Waals surface area contributed by atoms with Gasteiger partial charge >= 0.3 is 6.36 Å². The highest BCUT2D eigenvalue weighted by Crippen LogP contribution is 2.40. The first-order chi connectivity index (χ1) is 11.2. The van der Waals surface area contributed by atoms with Gasteiger partial charge in [-0.15, -0.1) is 13.2 Å². The van der Waals surface area contributed by atoms with Crippen molar-refractivity contribution in [2.75, 3.05) is 6.61 Å². The predicted molar refractivity (Wildman–Crippen MR) is 72.4 cm³/mol. The molecule has 0 spiro atoms. The Morgan fingerprint density at radius 2 is 1.96 bits per heavy atom. The first-order valence-corrected chi connectivity index (χ1v) is 6.82. The summed E-state index contributed by atoms with van der Waals surface area (Å²) in [7, 11) is 0. The molecular weight excluding hydrogens is 335 g/mol. The Labute approximate surface area is 133 Å². The van der Waals surface area contributed by atoms with Gasteiger partial charge in [0.05, 0.1) is 18.3 Å². The van der Waals surface area contributed by atoms with Crippen LogP contribution in [0.25, 0.3) is 0 Å². The lowest BCUT2D eigenvalue weighted by molar-refractivity contribution is -0.275. The molecule has 0 bridgehead atoms. The number of benzene rings is 1. The zero-order chi connectivity index (χ0) is 17.5. The summed E-state index contributed by atoms with van der Waals surface area (Å²) in [5.74, 6) is -2.70. The summed E-state index contributed by atoms with van der Waals surface area (Å²) in [6.07, 6.45) is -3.88. The Balaban J connectivity index is 2.02. The van der Waals surface area contributed by atoms with Crippen molar-refractivity contribution in [2.24, 2.45) is 5.73 Å². The molecule has 0 saturated heterocycles. The third-order valence-corrected chi connectivity index (χ3v) is 3.67. The number of pyridine rings is 1. The van der Waals surface area contributed by atoms with Gasteiger partial charge < -0.3 is 15.2 Å². The summed E-state index contributed by atoms with van der Waals surface area (Å²) in [4.78, 5) is 3.90. The number of nitrogens with two attached hydrogens (primary N) is 1. The van der Waals surface area contributed by atoms with E-state index in [-0.39, 0.29) is 30.0 Å². The molecule has 2 heterocycles. The molecule has 0 aliphatic carbocycles. The van der Waals surface area contributed by atoms with Crippen LogP contribution in [0.3, 0.4) is 0 Å². The minimum atomic E-state index is -5.01. The van der Waals surface area contributed by atoms with Gasteiger partial charge in [0.25, 0.3) is 0 Å². The molecule has 3 rings (SSSR count). The van der Waals surface area contributed by atoms with Crippen molar-refractivity contribution in [3.05, 3.63) is 53.4 Å². The molecule has 1 atom stereocenters. The molecule has 2 aromatic rings. The summed E-state index contributed by atoms with van der Waals surface area (Å²) >= 11 is 0. The molecule has 1 aromatic carbocycles. The number of ether oxygens (including phenoxy) is 2. The third kappa shape index (κ3) is 2.99. The van der Waals surface area contributed by atoms with Crippen LogP contribution in [0.1, 0.15) is 17.7 Å². The minimum absolute atomic E-state index is 0.111. The van der Waals surface area contributed by atoms with Crippen LogP contribution in [-0.2, 0) is 5.54 Å². The second kappa shape index (κ2) is 5.59. The summed E-state index contributed by atoms with van der Waals surface area (Å²) in [6.45, 7) is 0.122. The van der Waals surface area contributed by atoms with E-state index in [9.17, 15) is 22.0 Å². The molecule has 0 saturated carbocycles. The molecular formula is C15H11F5N2O2. The number of hydrogen-bond donors (Lipinski definition) is 1. The highest BCUT2D eigenvalue weighted by atomic mass is 19.4. The second-order valence-corrected chi connectivity index (χ2v) is 5.26. The standard InChI is InChI=1S/C15H11F5N2O2/c16-9-6-12-13(22-7-9)14(21,3-4-23-12)8-1-2-11(10(17)5-8)24-15(18,19)20/h1-2,5-7H,3-4,21H2. The van der Waals surface area contributed by atoms with E-state index in [0.29, 0.717) is 0 Å².